The quantitative estimate of drug-likeness (QED) is 0.277. The van der Waals surface area contributed by atoms with Gasteiger partial charge in [-0.3, -0.25) is 0 Å². The Balaban J connectivity index is 0.000000187. The van der Waals surface area contributed by atoms with Crippen LogP contribution >= 0.6 is 0 Å². The van der Waals surface area contributed by atoms with E-state index in [1.54, 1.807) is 0 Å². The van der Waals surface area contributed by atoms with Crippen molar-refractivity contribution in [2.75, 3.05) is 0 Å². The molecule has 0 N–H and O–H groups in total. The van der Waals surface area contributed by atoms with Gasteiger partial charge in [0.2, 0.25) is 0 Å². The summed E-state index contributed by atoms with van der Waals surface area (Å²) in [5, 5.41) is 0. The van der Waals surface area contributed by atoms with Crippen LogP contribution in [0.2, 0.25) is 0 Å². The van der Waals surface area contributed by atoms with Crippen LogP contribution < -0.4 is 0 Å². The van der Waals surface area contributed by atoms with Crippen LogP contribution in [0, 0.1) is 12.8 Å². The second-order valence-corrected chi connectivity index (χ2v) is 5.93. The van der Waals surface area contributed by atoms with Gasteiger partial charge >= 0.3 is 21.7 Å². The van der Waals surface area contributed by atoms with E-state index in [-0.39, 0.29) is 21.7 Å². The van der Waals surface area contributed by atoms with Crippen LogP contribution in [0.1, 0.15) is 22.3 Å². The SMILES string of the molecule is [Ti+2].c1ccc([CH-]c2ccccc2)cc1.c1ccc([CH-]c2ccccc2)cc1. The molecule has 0 aliphatic carbocycles. The first-order chi connectivity index (χ1) is 12.9. The van der Waals surface area contributed by atoms with Gasteiger partial charge in [0.15, 0.2) is 0 Å². The van der Waals surface area contributed by atoms with Crippen molar-refractivity contribution in [1.82, 2.24) is 0 Å². The molecule has 0 aromatic heterocycles. The molecule has 0 aliphatic heterocycles. The van der Waals surface area contributed by atoms with E-state index in [1.807, 2.05) is 24.3 Å². The van der Waals surface area contributed by atoms with Gasteiger partial charge < -0.3 is 0 Å². The summed E-state index contributed by atoms with van der Waals surface area (Å²) in [7, 11) is 0. The average molecular weight is 382 g/mol. The van der Waals surface area contributed by atoms with Crippen molar-refractivity contribution in [3.8, 4) is 0 Å². The molecule has 0 amide bonds. The summed E-state index contributed by atoms with van der Waals surface area (Å²) in [6.07, 6.45) is 4.33. The smallest absolute Gasteiger partial charge is 0.126 e. The summed E-state index contributed by atoms with van der Waals surface area (Å²) in [4.78, 5) is 0. The first kappa shape index (κ1) is 20.6. The third kappa shape index (κ3) is 7.62. The molecule has 4 rings (SSSR count). The van der Waals surface area contributed by atoms with E-state index >= 15 is 0 Å². The molecule has 0 heterocycles. The molecule has 130 valence electrons. The zero-order valence-corrected chi connectivity index (χ0v) is 16.8. The molecular formula is C26H22Ti. The van der Waals surface area contributed by atoms with Crippen molar-refractivity contribution < 1.29 is 21.7 Å². The minimum absolute atomic E-state index is 0. The molecule has 27 heavy (non-hydrogen) atoms. The van der Waals surface area contributed by atoms with Crippen LogP contribution in [0.5, 0.6) is 0 Å². The van der Waals surface area contributed by atoms with E-state index in [1.165, 1.54) is 22.3 Å². The topological polar surface area (TPSA) is 0 Å². The maximum absolute atomic E-state index is 2.17. The summed E-state index contributed by atoms with van der Waals surface area (Å²) in [6.45, 7) is 0. The van der Waals surface area contributed by atoms with Gasteiger partial charge in [-0.05, 0) is 0 Å². The van der Waals surface area contributed by atoms with E-state index in [4.69, 9.17) is 0 Å². The monoisotopic (exact) mass is 382 g/mol. The molecule has 1 heteroatoms. The molecular weight excluding hydrogens is 360 g/mol. The second kappa shape index (κ2) is 11.9. The summed E-state index contributed by atoms with van der Waals surface area (Å²) >= 11 is 0. The minimum atomic E-state index is 0. The summed E-state index contributed by atoms with van der Waals surface area (Å²) in [6, 6.07) is 41.4. The maximum atomic E-state index is 2.17. The molecule has 0 saturated carbocycles. The van der Waals surface area contributed by atoms with Gasteiger partial charge in [0.1, 0.15) is 0 Å². The predicted molar refractivity (Wildman–Crippen MR) is 111 cm³/mol. The van der Waals surface area contributed by atoms with Gasteiger partial charge in [0, 0.05) is 0 Å². The van der Waals surface area contributed by atoms with Gasteiger partial charge in [0.05, 0.1) is 0 Å². The summed E-state index contributed by atoms with van der Waals surface area (Å²) in [5.41, 5.74) is 4.98. The normalized spacial score (nSPS) is 9.19. The van der Waals surface area contributed by atoms with Gasteiger partial charge in [-0.1, -0.05) is 72.8 Å². The van der Waals surface area contributed by atoms with Gasteiger partial charge in [-0.15, -0.1) is 83.6 Å². The van der Waals surface area contributed by atoms with Crippen LogP contribution in [0.25, 0.3) is 0 Å². The van der Waals surface area contributed by atoms with Crippen molar-refractivity contribution in [2.24, 2.45) is 0 Å². The largest absolute Gasteiger partial charge is 2.00 e. The fraction of sp³-hybridized carbons (Fsp3) is 0. The second-order valence-electron chi connectivity index (χ2n) is 5.93. The van der Waals surface area contributed by atoms with Crippen LogP contribution in [0.3, 0.4) is 0 Å². The van der Waals surface area contributed by atoms with Crippen LogP contribution in [0.4, 0.5) is 0 Å². The zero-order chi connectivity index (χ0) is 17.9. The number of hydrogen-bond donors (Lipinski definition) is 0. The third-order valence-corrected chi connectivity index (χ3v) is 3.86. The minimum Gasteiger partial charge on any atom is -0.126 e. The predicted octanol–water partition coefficient (Wildman–Crippen LogP) is 6.57. The van der Waals surface area contributed by atoms with Crippen LogP contribution in [-0.2, 0) is 21.7 Å². The first-order valence-corrected chi connectivity index (χ1v) is 8.80. The van der Waals surface area contributed by atoms with Gasteiger partial charge in [-0.2, -0.15) is 0 Å². The summed E-state index contributed by atoms with van der Waals surface area (Å²) in [5.74, 6) is 0. The third-order valence-electron chi connectivity index (χ3n) is 3.86. The molecule has 4 aromatic carbocycles. The van der Waals surface area contributed by atoms with Crippen molar-refractivity contribution in [3.05, 3.63) is 156 Å². The Morgan fingerprint density at radius 3 is 0.667 bits per heavy atom. The number of hydrogen-bond acceptors (Lipinski definition) is 0. The molecule has 0 unspecified atom stereocenters. The zero-order valence-electron chi connectivity index (χ0n) is 15.2. The van der Waals surface area contributed by atoms with Crippen molar-refractivity contribution in [1.29, 1.82) is 0 Å². The Kier molecular flexibility index (Phi) is 9.06. The Morgan fingerprint density at radius 2 is 0.481 bits per heavy atom. The molecule has 0 spiro atoms. The van der Waals surface area contributed by atoms with Crippen LogP contribution in [0.15, 0.2) is 121 Å². The van der Waals surface area contributed by atoms with E-state index < -0.39 is 0 Å². The fourth-order valence-corrected chi connectivity index (χ4v) is 2.58. The van der Waals surface area contributed by atoms with Gasteiger partial charge in [-0.25, -0.2) is 0 Å². The fourth-order valence-electron chi connectivity index (χ4n) is 2.58. The van der Waals surface area contributed by atoms with Crippen molar-refractivity contribution in [2.45, 2.75) is 0 Å². The molecule has 0 radical (unpaired) electrons. The van der Waals surface area contributed by atoms with Crippen molar-refractivity contribution >= 4 is 0 Å². The molecule has 0 bridgehead atoms. The molecule has 0 atom stereocenters. The standard InChI is InChI=1S/2C13H11.Ti/c2*1-3-7-12(8-4-1)11-13-9-5-2-6-10-13;/h2*1-11H;/q2*-1;+2. The summed E-state index contributed by atoms with van der Waals surface area (Å²) < 4.78 is 0. The van der Waals surface area contributed by atoms with E-state index in [2.05, 4.69) is 110 Å². The Hall–Kier alpha value is -2.67. The molecule has 4 aromatic rings. The van der Waals surface area contributed by atoms with Gasteiger partial charge in [0.25, 0.3) is 0 Å². The molecule has 0 saturated heterocycles. The molecule has 0 fully saturated rings. The van der Waals surface area contributed by atoms with Crippen molar-refractivity contribution in [3.63, 3.8) is 0 Å². The molecule has 0 aliphatic rings. The number of rotatable bonds is 4. The van der Waals surface area contributed by atoms with Crippen LogP contribution in [-0.4, -0.2) is 0 Å². The first-order valence-electron chi connectivity index (χ1n) is 8.80. The Morgan fingerprint density at radius 1 is 0.296 bits per heavy atom. The van der Waals surface area contributed by atoms with E-state index in [0.29, 0.717) is 0 Å². The Bertz CT molecular complexity index is 705. The maximum Gasteiger partial charge on any atom is 2.00 e. The average Bonchev–Trinajstić information content (AvgIpc) is 2.72. The molecule has 0 nitrogen and oxygen atoms in total. The van der Waals surface area contributed by atoms with E-state index in [9.17, 15) is 0 Å². The van der Waals surface area contributed by atoms with E-state index in [0.717, 1.165) is 0 Å². The Labute approximate surface area is 177 Å². The number of benzene rings is 4.